The smallest absolute Gasteiger partial charge is 0.164 e. The Morgan fingerprint density at radius 2 is 1.09 bits per heavy atom. The maximum Gasteiger partial charge on any atom is 0.164 e. The van der Waals surface area contributed by atoms with Crippen LogP contribution in [0.3, 0.4) is 0 Å². The Kier molecular flexibility index (Phi) is 5.74. The standard InChI is InChI=1S/C40H24N4O/c1-2-9-29-23-30(19-16-25(29)7-1)26-14-17-28(18-15-26)38-42-39(31-20-21-34-36(24-31)45-35-13-6-22-41-37(34)35)44-40(43-38)33-12-5-10-27-8-3-4-11-32(27)33/h1-24H. The SMILES string of the molecule is c1ccc2cc(-c3ccc(-c4nc(-c5ccc6c(c5)oc5cccnc56)nc(-c5cccc6ccccc56)n4)cc3)ccc2c1. The van der Waals surface area contributed by atoms with E-state index in [1.165, 1.54) is 16.3 Å². The van der Waals surface area contributed by atoms with Gasteiger partial charge < -0.3 is 4.42 Å². The van der Waals surface area contributed by atoms with Crippen molar-refractivity contribution >= 4 is 43.6 Å². The number of pyridine rings is 1. The fourth-order valence-electron chi connectivity index (χ4n) is 6.09. The maximum absolute atomic E-state index is 6.15. The van der Waals surface area contributed by atoms with Gasteiger partial charge >= 0.3 is 0 Å². The van der Waals surface area contributed by atoms with Crippen LogP contribution >= 0.6 is 0 Å². The third-order valence-electron chi connectivity index (χ3n) is 8.38. The Labute approximate surface area is 258 Å². The van der Waals surface area contributed by atoms with E-state index in [4.69, 9.17) is 19.4 Å². The molecule has 5 nitrogen and oxygen atoms in total. The second-order valence-electron chi connectivity index (χ2n) is 11.1. The molecule has 3 heterocycles. The maximum atomic E-state index is 6.15. The lowest BCUT2D eigenvalue weighted by Crippen LogP contribution is -2.00. The van der Waals surface area contributed by atoms with E-state index < -0.39 is 0 Å². The minimum Gasteiger partial charge on any atom is -0.454 e. The Bertz CT molecular complexity index is 2550. The topological polar surface area (TPSA) is 64.7 Å². The molecule has 0 spiro atoms. The van der Waals surface area contributed by atoms with E-state index in [0.717, 1.165) is 55.1 Å². The molecule has 210 valence electrons. The first-order chi connectivity index (χ1) is 22.3. The molecule has 0 bridgehead atoms. The van der Waals surface area contributed by atoms with Gasteiger partial charge in [0, 0.05) is 28.3 Å². The highest BCUT2D eigenvalue weighted by Crippen LogP contribution is 2.34. The molecule has 45 heavy (non-hydrogen) atoms. The quantitative estimate of drug-likeness (QED) is 0.209. The molecule has 0 aliphatic carbocycles. The zero-order valence-corrected chi connectivity index (χ0v) is 24.1. The minimum atomic E-state index is 0.580. The molecule has 0 radical (unpaired) electrons. The van der Waals surface area contributed by atoms with Gasteiger partial charge in [-0.3, -0.25) is 4.98 Å². The summed E-state index contributed by atoms with van der Waals surface area (Å²) in [6.45, 7) is 0. The van der Waals surface area contributed by atoms with Crippen molar-refractivity contribution in [3.05, 3.63) is 146 Å². The number of aromatic nitrogens is 4. The highest BCUT2D eigenvalue weighted by atomic mass is 16.3. The molecule has 0 saturated heterocycles. The predicted octanol–water partition coefficient (Wildman–Crippen LogP) is 10.1. The molecule has 0 fully saturated rings. The Morgan fingerprint density at radius 1 is 0.400 bits per heavy atom. The molecule has 0 unspecified atom stereocenters. The normalized spacial score (nSPS) is 11.6. The van der Waals surface area contributed by atoms with Gasteiger partial charge in [0.25, 0.3) is 0 Å². The van der Waals surface area contributed by atoms with Crippen LogP contribution in [0.1, 0.15) is 0 Å². The predicted molar refractivity (Wildman–Crippen MR) is 182 cm³/mol. The van der Waals surface area contributed by atoms with E-state index >= 15 is 0 Å². The van der Waals surface area contributed by atoms with Crippen molar-refractivity contribution in [3.8, 4) is 45.3 Å². The summed E-state index contributed by atoms with van der Waals surface area (Å²) >= 11 is 0. The van der Waals surface area contributed by atoms with Crippen LogP contribution in [-0.4, -0.2) is 19.9 Å². The van der Waals surface area contributed by atoms with E-state index in [1.54, 1.807) is 6.20 Å². The minimum absolute atomic E-state index is 0.580. The van der Waals surface area contributed by atoms with Gasteiger partial charge in [0.05, 0.1) is 0 Å². The monoisotopic (exact) mass is 576 g/mol. The molecule has 0 aliphatic heterocycles. The van der Waals surface area contributed by atoms with Crippen molar-refractivity contribution in [2.75, 3.05) is 0 Å². The van der Waals surface area contributed by atoms with Crippen LogP contribution in [0, 0.1) is 0 Å². The summed E-state index contributed by atoms with van der Waals surface area (Å²) in [5, 5.41) is 5.64. The fourth-order valence-corrected chi connectivity index (χ4v) is 6.09. The van der Waals surface area contributed by atoms with Crippen molar-refractivity contribution in [3.63, 3.8) is 0 Å². The van der Waals surface area contributed by atoms with Crippen molar-refractivity contribution in [2.45, 2.75) is 0 Å². The first kappa shape index (κ1) is 25.3. The third-order valence-corrected chi connectivity index (χ3v) is 8.38. The van der Waals surface area contributed by atoms with E-state index in [2.05, 4.69) is 96.0 Å². The number of nitrogens with zero attached hydrogens (tertiary/aromatic N) is 4. The van der Waals surface area contributed by atoms with Crippen LogP contribution < -0.4 is 0 Å². The summed E-state index contributed by atoms with van der Waals surface area (Å²) < 4.78 is 6.15. The molecular formula is C40H24N4O. The first-order valence-electron chi connectivity index (χ1n) is 14.9. The van der Waals surface area contributed by atoms with Gasteiger partial charge in [0.2, 0.25) is 0 Å². The van der Waals surface area contributed by atoms with E-state index in [0.29, 0.717) is 17.5 Å². The van der Waals surface area contributed by atoms with Gasteiger partial charge in [-0.25, -0.2) is 15.0 Å². The molecule has 5 heteroatoms. The number of benzene rings is 6. The van der Waals surface area contributed by atoms with Gasteiger partial charge in [-0.15, -0.1) is 0 Å². The summed E-state index contributed by atoms with van der Waals surface area (Å²) in [6, 6.07) is 47.8. The zero-order valence-electron chi connectivity index (χ0n) is 24.1. The van der Waals surface area contributed by atoms with Gasteiger partial charge in [0.15, 0.2) is 23.1 Å². The molecule has 0 saturated carbocycles. The van der Waals surface area contributed by atoms with Gasteiger partial charge in [-0.1, -0.05) is 109 Å². The van der Waals surface area contributed by atoms with Crippen molar-refractivity contribution < 1.29 is 4.42 Å². The molecule has 0 amide bonds. The first-order valence-corrected chi connectivity index (χ1v) is 14.9. The second kappa shape index (κ2) is 10.2. The van der Waals surface area contributed by atoms with Gasteiger partial charge in [0.1, 0.15) is 11.1 Å². The molecule has 6 aromatic carbocycles. The van der Waals surface area contributed by atoms with Crippen LogP contribution in [0.2, 0.25) is 0 Å². The van der Waals surface area contributed by atoms with E-state index in [1.807, 2.05) is 48.5 Å². The average molecular weight is 577 g/mol. The number of rotatable bonds is 4. The van der Waals surface area contributed by atoms with E-state index in [-0.39, 0.29) is 0 Å². The highest BCUT2D eigenvalue weighted by molar-refractivity contribution is 6.03. The largest absolute Gasteiger partial charge is 0.454 e. The molecule has 0 N–H and O–H groups in total. The Morgan fingerprint density at radius 3 is 1.98 bits per heavy atom. The number of hydrogen-bond acceptors (Lipinski definition) is 5. The number of furan rings is 1. The van der Waals surface area contributed by atoms with E-state index in [9.17, 15) is 0 Å². The van der Waals surface area contributed by atoms with Crippen LogP contribution in [0.25, 0.3) is 88.9 Å². The average Bonchev–Trinajstić information content (AvgIpc) is 3.49. The zero-order chi connectivity index (χ0) is 29.7. The molecular weight excluding hydrogens is 552 g/mol. The Balaban J connectivity index is 1.19. The third kappa shape index (κ3) is 4.41. The van der Waals surface area contributed by atoms with Crippen LogP contribution in [-0.2, 0) is 0 Å². The molecule has 9 aromatic rings. The van der Waals surface area contributed by atoms with Crippen LogP contribution in [0.5, 0.6) is 0 Å². The molecule has 0 atom stereocenters. The summed E-state index contributed by atoms with van der Waals surface area (Å²) in [6.07, 6.45) is 1.78. The van der Waals surface area contributed by atoms with Crippen LogP contribution in [0.4, 0.5) is 0 Å². The summed E-state index contributed by atoms with van der Waals surface area (Å²) in [4.78, 5) is 19.6. The number of fused-ring (bicyclic) bond motifs is 5. The Hall–Kier alpha value is -6.20. The fraction of sp³-hybridized carbons (Fsp3) is 0. The van der Waals surface area contributed by atoms with Crippen molar-refractivity contribution in [1.82, 2.24) is 19.9 Å². The summed E-state index contributed by atoms with van der Waals surface area (Å²) in [5.41, 5.74) is 7.37. The lowest BCUT2D eigenvalue weighted by molar-refractivity contribution is 0.668. The summed E-state index contributed by atoms with van der Waals surface area (Å²) in [5.74, 6) is 1.81. The molecule has 9 rings (SSSR count). The lowest BCUT2D eigenvalue weighted by atomic mass is 10.00. The second-order valence-corrected chi connectivity index (χ2v) is 11.1. The van der Waals surface area contributed by atoms with Gasteiger partial charge in [-0.05, 0) is 63.0 Å². The summed E-state index contributed by atoms with van der Waals surface area (Å²) in [7, 11) is 0. The molecule has 3 aromatic heterocycles. The highest BCUT2D eigenvalue weighted by Gasteiger charge is 2.16. The van der Waals surface area contributed by atoms with Gasteiger partial charge in [-0.2, -0.15) is 0 Å². The van der Waals surface area contributed by atoms with Crippen molar-refractivity contribution in [2.24, 2.45) is 0 Å². The number of hydrogen-bond donors (Lipinski definition) is 0. The molecule has 0 aliphatic rings. The van der Waals surface area contributed by atoms with Crippen LogP contribution in [0.15, 0.2) is 150 Å². The lowest BCUT2D eigenvalue weighted by Gasteiger charge is -2.11. The van der Waals surface area contributed by atoms with Crippen molar-refractivity contribution in [1.29, 1.82) is 0 Å².